The first-order chi connectivity index (χ1) is 3.93. The molecule has 0 unspecified atom stereocenters. The largest absolute Gasteiger partial charge is 0.340 e. The Labute approximate surface area is 50.2 Å². The minimum Gasteiger partial charge on any atom is -0.283 e. The van der Waals surface area contributed by atoms with Gasteiger partial charge in [-0.3, -0.25) is 10.1 Å². The molecule has 0 spiro atoms. The fraction of sp³-hybridized carbons (Fsp3) is 0. The van der Waals surface area contributed by atoms with Crippen molar-refractivity contribution in [3.8, 4) is 0 Å². The number of amides is 1. The Morgan fingerprint density at radius 1 is 2.00 bits per heavy atom. The first kappa shape index (κ1) is 5.30. The van der Waals surface area contributed by atoms with Crippen molar-refractivity contribution in [1.82, 2.24) is 9.71 Å². The third-order valence-electron chi connectivity index (χ3n) is 0.544. The van der Waals surface area contributed by atoms with Crippen molar-refractivity contribution in [2.45, 2.75) is 0 Å². The molecule has 1 radical (unpaired) electrons. The average Bonchev–Trinajstić information content (AvgIpc) is 2.19. The molecule has 0 aliphatic carbocycles. The van der Waals surface area contributed by atoms with Gasteiger partial charge in [-0.25, -0.2) is 0 Å². The standard InChI is InChI=1S/C3H3N3OS/c7-2-5-3-4-1-6-8-3/h1-2H,(H,4,5,7)/q+1. The topological polar surface area (TPSA) is 55.6 Å². The first-order valence-corrected chi connectivity index (χ1v) is 2.67. The molecule has 8 heavy (non-hydrogen) atoms. The predicted molar refractivity (Wildman–Crippen MR) is 32.4 cm³/mol. The lowest BCUT2D eigenvalue weighted by atomic mass is 11.1. The number of hydrogen-bond acceptors (Lipinski definition) is 4. The highest BCUT2D eigenvalue weighted by Gasteiger charge is 2.13. The molecule has 0 bridgehead atoms. The van der Waals surface area contributed by atoms with Crippen LogP contribution in [-0.2, 0) is 4.79 Å². The van der Waals surface area contributed by atoms with E-state index in [-0.39, 0.29) is 0 Å². The highest BCUT2D eigenvalue weighted by Crippen LogP contribution is 1.96. The van der Waals surface area contributed by atoms with Crippen molar-refractivity contribution in [3.63, 3.8) is 0 Å². The van der Waals surface area contributed by atoms with Crippen LogP contribution in [-0.4, -0.2) is 17.9 Å². The SMILES string of the molecule is O=CNC1=NC=[N+]S1. The summed E-state index contributed by atoms with van der Waals surface area (Å²) in [6.45, 7) is 0. The monoisotopic (exact) mass is 129 g/mol. The number of aliphatic imine (C=N–C) groups is 1. The number of rotatable bonds is 1. The van der Waals surface area contributed by atoms with Gasteiger partial charge < -0.3 is 0 Å². The Hall–Kier alpha value is -0.840. The molecular formula is C3H3N3OS+. The van der Waals surface area contributed by atoms with Gasteiger partial charge in [0, 0.05) is 4.40 Å². The van der Waals surface area contributed by atoms with Crippen LogP contribution in [0.15, 0.2) is 4.99 Å². The molecule has 1 heterocycles. The molecule has 4 nitrogen and oxygen atoms in total. The van der Waals surface area contributed by atoms with E-state index >= 15 is 0 Å². The van der Waals surface area contributed by atoms with Crippen LogP contribution in [0.25, 0.3) is 0 Å². The van der Waals surface area contributed by atoms with Crippen molar-refractivity contribution in [2.24, 2.45) is 4.99 Å². The lowest BCUT2D eigenvalue weighted by molar-refractivity contribution is -0.108. The van der Waals surface area contributed by atoms with Gasteiger partial charge in [-0.2, -0.15) is 0 Å². The van der Waals surface area contributed by atoms with Gasteiger partial charge in [-0.1, -0.05) is 0 Å². The summed E-state index contributed by atoms with van der Waals surface area (Å²) < 4.78 is 3.65. The van der Waals surface area contributed by atoms with Gasteiger partial charge in [-0.15, -0.1) is 0 Å². The van der Waals surface area contributed by atoms with Crippen LogP contribution in [0.2, 0.25) is 0 Å². The summed E-state index contributed by atoms with van der Waals surface area (Å²) in [5.41, 5.74) is 0. The van der Waals surface area contributed by atoms with E-state index in [1.807, 2.05) is 0 Å². The van der Waals surface area contributed by atoms with E-state index in [4.69, 9.17) is 0 Å². The summed E-state index contributed by atoms with van der Waals surface area (Å²) in [6.07, 6.45) is 1.96. The van der Waals surface area contributed by atoms with Gasteiger partial charge in [0.15, 0.2) is 0 Å². The fourth-order valence-electron chi connectivity index (χ4n) is 0.287. The molecule has 1 aliphatic rings. The van der Waals surface area contributed by atoms with E-state index in [1.165, 1.54) is 6.34 Å². The zero-order chi connectivity index (χ0) is 5.82. The summed E-state index contributed by atoms with van der Waals surface area (Å²) in [6, 6.07) is 0. The lowest BCUT2D eigenvalue weighted by Gasteiger charge is -1.78. The van der Waals surface area contributed by atoms with Crippen LogP contribution >= 0.6 is 11.9 Å². The Morgan fingerprint density at radius 3 is 3.38 bits per heavy atom. The van der Waals surface area contributed by atoms with Crippen LogP contribution in [0.1, 0.15) is 0 Å². The second-order valence-electron chi connectivity index (χ2n) is 1.01. The zero-order valence-corrected chi connectivity index (χ0v) is 4.68. The molecule has 0 aromatic carbocycles. The summed E-state index contributed by atoms with van der Waals surface area (Å²) in [4.78, 5) is 13.4. The zero-order valence-electron chi connectivity index (χ0n) is 3.87. The minimum atomic E-state index is 0.528. The molecule has 5 heteroatoms. The molecule has 1 aliphatic heterocycles. The molecule has 41 valence electrons. The van der Waals surface area contributed by atoms with E-state index in [9.17, 15) is 4.79 Å². The molecule has 0 fully saturated rings. The van der Waals surface area contributed by atoms with Crippen molar-refractivity contribution >= 4 is 29.9 Å². The molecule has 0 saturated heterocycles. The normalized spacial score (nSPS) is 15.8. The van der Waals surface area contributed by atoms with E-state index in [1.54, 1.807) is 0 Å². The van der Waals surface area contributed by atoms with Gasteiger partial charge in [0.2, 0.25) is 18.4 Å². The van der Waals surface area contributed by atoms with Crippen LogP contribution < -0.4 is 9.71 Å². The average molecular weight is 129 g/mol. The highest BCUT2D eigenvalue weighted by atomic mass is 32.2. The maximum absolute atomic E-state index is 9.70. The highest BCUT2D eigenvalue weighted by molar-refractivity contribution is 8.12. The fourth-order valence-corrected chi connectivity index (χ4v) is 0.676. The number of carbonyl (C=O) groups excluding carboxylic acids is 1. The van der Waals surface area contributed by atoms with E-state index < -0.39 is 0 Å². The summed E-state index contributed by atoms with van der Waals surface area (Å²) in [5, 5.41) is 2.88. The minimum absolute atomic E-state index is 0.528. The summed E-state index contributed by atoms with van der Waals surface area (Å²) in [7, 11) is 0. The second kappa shape index (κ2) is 2.46. The number of nitrogens with zero attached hydrogens (tertiary/aromatic N) is 2. The number of carbonyl (C=O) groups is 1. The molecular weight excluding hydrogens is 126 g/mol. The molecule has 1 N–H and O–H groups in total. The van der Waals surface area contributed by atoms with Gasteiger partial charge in [0.25, 0.3) is 0 Å². The van der Waals surface area contributed by atoms with Crippen LogP contribution in [0.3, 0.4) is 0 Å². The van der Waals surface area contributed by atoms with Crippen LogP contribution in [0.5, 0.6) is 0 Å². The van der Waals surface area contributed by atoms with E-state index in [0.717, 1.165) is 11.9 Å². The number of amidine groups is 1. The van der Waals surface area contributed by atoms with Crippen molar-refractivity contribution in [1.29, 1.82) is 0 Å². The number of nitrogens with one attached hydrogen (secondary N) is 1. The third kappa shape index (κ3) is 1.06. The van der Waals surface area contributed by atoms with Crippen molar-refractivity contribution < 1.29 is 4.79 Å². The second-order valence-corrected chi connectivity index (χ2v) is 1.79. The van der Waals surface area contributed by atoms with E-state index in [0.29, 0.717) is 11.6 Å². The lowest BCUT2D eigenvalue weighted by Crippen LogP contribution is -2.16. The Bertz CT molecular complexity index is 153. The van der Waals surface area contributed by atoms with Gasteiger partial charge in [0.1, 0.15) is 0 Å². The van der Waals surface area contributed by atoms with Gasteiger partial charge >= 0.3 is 11.5 Å². The summed E-state index contributed by atoms with van der Waals surface area (Å²) in [5.74, 6) is 0. The molecule has 0 aromatic rings. The van der Waals surface area contributed by atoms with E-state index in [2.05, 4.69) is 14.7 Å². The predicted octanol–water partition coefficient (Wildman–Crippen LogP) is -0.886. The van der Waals surface area contributed by atoms with Crippen LogP contribution in [0, 0.1) is 0 Å². The number of hydrogen-bond donors (Lipinski definition) is 1. The smallest absolute Gasteiger partial charge is 0.283 e. The Balaban J connectivity index is 2.39. The molecule has 1 rings (SSSR count). The quantitative estimate of drug-likeness (QED) is 0.369. The molecule has 0 saturated carbocycles. The van der Waals surface area contributed by atoms with Crippen LogP contribution in [0.4, 0.5) is 0 Å². The maximum Gasteiger partial charge on any atom is 0.340 e. The van der Waals surface area contributed by atoms with Gasteiger partial charge in [-0.05, 0) is 4.99 Å². The maximum atomic E-state index is 9.70. The Kier molecular flexibility index (Phi) is 1.63. The van der Waals surface area contributed by atoms with Crippen molar-refractivity contribution in [2.75, 3.05) is 0 Å². The van der Waals surface area contributed by atoms with Gasteiger partial charge in [0.05, 0.1) is 0 Å². The first-order valence-electron chi connectivity index (χ1n) is 1.90. The molecule has 0 aromatic heterocycles. The summed E-state index contributed by atoms with van der Waals surface area (Å²) >= 11 is 1.14. The Morgan fingerprint density at radius 2 is 2.88 bits per heavy atom. The molecule has 0 atom stereocenters. The van der Waals surface area contributed by atoms with Crippen molar-refractivity contribution in [3.05, 3.63) is 0 Å². The third-order valence-corrected chi connectivity index (χ3v) is 1.14. The molecule has 1 amide bonds.